The molecule has 6 heteroatoms. The lowest BCUT2D eigenvalue weighted by Gasteiger charge is -2.16. The van der Waals surface area contributed by atoms with Crippen molar-refractivity contribution in [3.63, 3.8) is 0 Å². The van der Waals surface area contributed by atoms with Crippen molar-refractivity contribution in [1.29, 1.82) is 0 Å². The Morgan fingerprint density at radius 3 is 2.70 bits per heavy atom. The number of carbonyl (C=O) groups is 1. The topological polar surface area (TPSA) is 62.2 Å². The summed E-state index contributed by atoms with van der Waals surface area (Å²) in [7, 11) is 0. The molecule has 2 rings (SSSR count). The number of benzene rings is 1. The van der Waals surface area contributed by atoms with Crippen LogP contribution in [0.4, 0.5) is 14.6 Å². The van der Waals surface area contributed by atoms with Gasteiger partial charge in [0.15, 0.2) is 0 Å². The summed E-state index contributed by atoms with van der Waals surface area (Å²) < 4.78 is 26.6. The zero-order chi connectivity index (χ0) is 14.7. The zero-order valence-corrected chi connectivity index (χ0v) is 10.6. The summed E-state index contributed by atoms with van der Waals surface area (Å²) in [6, 6.07) is 6.48. The number of rotatable bonds is 4. The molecule has 1 atom stereocenters. The van der Waals surface area contributed by atoms with Crippen LogP contribution < -0.4 is 5.32 Å². The second kappa shape index (κ2) is 5.64. The predicted octanol–water partition coefficient (Wildman–Crippen LogP) is 3.23. The third-order valence-electron chi connectivity index (χ3n) is 2.81. The Labute approximate surface area is 114 Å². The molecule has 0 saturated heterocycles. The van der Waals surface area contributed by atoms with Gasteiger partial charge in [-0.05, 0) is 19.1 Å². The highest BCUT2D eigenvalue weighted by Crippen LogP contribution is 2.23. The Morgan fingerprint density at radius 1 is 1.35 bits per heavy atom. The van der Waals surface area contributed by atoms with E-state index in [-0.39, 0.29) is 11.4 Å². The summed E-state index contributed by atoms with van der Waals surface area (Å²) in [4.78, 5) is 14.7. The van der Waals surface area contributed by atoms with Gasteiger partial charge in [0.25, 0.3) is 0 Å². The maximum atomic E-state index is 13.6. The van der Waals surface area contributed by atoms with Crippen molar-refractivity contribution >= 4 is 11.8 Å². The zero-order valence-electron chi connectivity index (χ0n) is 10.6. The molecule has 2 aromatic rings. The molecule has 20 heavy (non-hydrogen) atoms. The summed E-state index contributed by atoms with van der Waals surface area (Å²) in [6.07, 6.45) is 0.906. The molecule has 0 aliphatic rings. The van der Waals surface area contributed by atoms with Gasteiger partial charge < -0.3 is 10.4 Å². The maximum absolute atomic E-state index is 13.6. The van der Waals surface area contributed by atoms with Crippen LogP contribution in [0.1, 0.15) is 28.9 Å². The lowest BCUT2D eigenvalue weighted by Crippen LogP contribution is -2.13. The molecule has 104 valence electrons. The van der Waals surface area contributed by atoms with Gasteiger partial charge in [0.2, 0.25) is 0 Å². The second-order valence-electron chi connectivity index (χ2n) is 4.24. The highest BCUT2D eigenvalue weighted by atomic mass is 19.1. The van der Waals surface area contributed by atoms with Gasteiger partial charge in [0.05, 0.1) is 12.2 Å². The molecular formula is C14H12F2N2O2. The summed E-state index contributed by atoms with van der Waals surface area (Å²) in [6.45, 7) is 1.66. The van der Waals surface area contributed by atoms with Crippen LogP contribution in [-0.2, 0) is 0 Å². The van der Waals surface area contributed by atoms with Crippen LogP contribution in [-0.4, -0.2) is 16.1 Å². The largest absolute Gasteiger partial charge is 0.478 e. The molecule has 0 aliphatic heterocycles. The van der Waals surface area contributed by atoms with Crippen molar-refractivity contribution < 1.29 is 18.7 Å². The number of nitrogens with one attached hydrogen (secondary N) is 1. The molecule has 2 N–H and O–H groups in total. The number of pyridine rings is 1. The number of halogens is 2. The Balaban J connectivity index is 2.31. The Morgan fingerprint density at radius 2 is 2.05 bits per heavy atom. The van der Waals surface area contributed by atoms with Crippen LogP contribution in [0.25, 0.3) is 0 Å². The van der Waals surface area contributed by atoms with Crippen molar-refractivity contribution in [3.8, 4) is 0 Å². The van der Waals surface area contributed by atoms with Crippen LogP contribution in [0.2, 0.25) is 0 Å². The standard InChI is InChI=1S/C14H12F2N2O2/c1-8(10-4-2-3-5-12(10)16)18-13-11(14(19)20)6-9(15)7-17-13/h2-8H,1H3,(H,17,18)(H,19,20). The molecular weight excluding hydrogens is 266 g/mol. The smallest absolute Gasteiger partial charge is 0.339 e. The average molecular weight is 278 g/mol. The molecule has 1 unspecified atom stereocenters. The van der Waals surface area contributed by atoms with E-state index in [1.807, 2.05) is 0 Å². The quantitative estimate of drug-likeness (QED) is 0.901. The molecule has 1 heterocycles. The van der Waals surface area contributed by atoms with Crippen LogP contribution in [0.15, 0.2) is 36.5 Å². The molecule has 0 radical (unpaired) electrons. The van der Waals surface area contributed by atoms with Gasteiger partial charge in [-0.15, -0.1) is 0 Å². The molecule has 0 spiro atoms. The lowest BCUT2D eigenvalue weighted by atomic mass is 10.1. The number of aromatic carboxylic acids is 1. The Kier molecular flexibility index (Phi) is 3.93. The number of carboxylic acid groups (broad SMARTS) is 1. The first-order valence-electron chi connectivity index (χ1n) is 5.89. The molecule has 1 aromatic carbocycles. The van der Waals surface area contributed by atoms with E-state index in [4.69, 9.17) is 5.11 Å². The predicted molar refractivity (Wildman–Crippen MR) is 69.6 cm³/mol. The number of nitrogens with zero attached hydrogens (tertiary/aromatic N) is 1. The highest BCUT2D eigenvalue weighted by Gasteiger charge is 2.17. The van der Waals surface area contributed by atoms with Crippen molar-refractivity contribution in [1.82, 2.24) is 4.98 Å². The van der Waals surface area contributed by atoms with E-state index in [0.717, 1.165) is 12.3 Å². The monoisotopic (exact) mass is 278 g/mol. The van der Waals surface area contributed by atoms with E-state index in [1.54, 1.807) is 25.1 Å². The number of anilines is 1. The van der Waals surface area contributed by atoms with Gasteiger partial charge in [-0.25, -0.2) is 18.6 Å². The fourth-order valence-corrected chi connectivity index (χ4v) is 1.83. The van der Waals surface area contributed by atoms with E-state index < -0.39 is 23.6 Å². The summed E-state index contributed by atoms with van der Waals surface area (Å²) in [5.74, 6) is -2.46. The van der Waals surface area contributed by atoms with Crippen molar-refractivity contribution in [2.24, 2.45) is 0 Å². The number of aromatic nitrogens is 1. The fraction of sp³-hybridized carbons (Fsp3) is 0.143. The SMILES string of the molecule is CC(Nc1ncc(F)cc1C(=O)O)c1ccccc1F. The van der Waals surface area contributed by atoms with Gasteiger partial charge in [0.1, 0.15) is 23.0 Å². The number of hydrogen-bond acceptors (Lipinski definition) is 3. The molecule has 1 aromatic heterocycles. The minimum Gasteiger partial charge on any atom is -0.478 e. The van der Waals surface area contributed by atoms with Gasteiger partial charge in [0, 0.05) is 5.56 Å². The van der Waals surface area contributed by atoms with Gasteiger partial charge in [-0.1, -0.05) is 18.2 Å². The molecule has 0 amide bonds. The first-order chi connectivity index (χ1) is 9.49. The van der Waals surface area contributed by atoms with Crippen LogP contribution in [0, 0.1) is 11.6 Å². The third kappa shape index (κ3) is 2.90. The fourth-order valence-electron chi connectivity index (χ4n) is 1.83. The van der Waals surface area contributed by atoms with E-state index in [0.29, 0.717) is 5.56 Å². The number of carboxylic acids is 1. The first kappa shape index (κ1) is 13.9. The van der Waals surface area contributed by atoms with Gasteiger partial charge >= 0.3 is 5.97 Å². The molecule has 4 nitrogen and oxygen atoms in total. The van der Waals surface area contributed by atoms with E-state index in [2.05, 4.69) is 10.3 Å². The van der Waals surface area contributed by atoms with E-state index in [9.17, 15) is 13.6 Å². The van der Waals surface area contributed by atoms with Gasteiger partial charge in [-0.3, -0.25) is 0 Å². The van der Waals surface area contributed by atoms with Crippen molar-refractivity contribution in [3.05, 3.63) is 59.3 Å². The van der Waals surface area contributed by atoms with Crippen LogP contribution in [0.5, 0.6) is 0 Å². The average Bonchev–Trinajstić information content (AvgIpc) is 2.41. The van der Waals surface area contributed by atoms with Crippen molar-refractivity contribution in [2.45, 2.75) is 13.0 Å². The lowest BCUT2D eigenvalue weighted by molar-refractivity contribution is 0.0697. The highest BCUT2D eigenvalue weighted by molar-refractivity contribution is 5.93. The van der Waals surface area contributed by atoms with Crippen LogP contribution >= 0.6 is 0 Å². The normalized spacial score (nSPS) is 11.9. The molecule has 0 aliphatic carbocycles. The summed E-state index contributed by atoms with van der Waals surface area (Å²) in [5, 5.41) is 11.8. The third-order valence-corrected chi connectivity index (χ3v) is 2.81. The van der Waals surface area contributed by atoms with E-state index in [1.165, 1.54) is 6.07 Å². The maximum Gasteiger partial charge on any atom is 0.339 e. The van der Waals surface area contributed by atoms with Crippen LogP contribution in [0.3, 0.4) is 0 Å². The minimum atomic E-state index is -1.31. The second-order valence-corrected chi connectivity index (χ2v) is 4.24. The minimum absolute atomic E-state index is 0.00495. The number of hydrogen-bond donors (Lipinski definition) is 2. The Hall–Kier alpha value is -2.50. The molecule has 0 bridgehead atoms. The first-order valence-corrected chi connectivity index (χ1v) is 5.89. The molecule has 0 saturated carbocycles. The van der Waals surface area contributed by atoms with Crippen molar-refractivity contribution in [2.75, 3.05) is 5.32 Å². The molecule has 0 fully saturated rings. The van der Waals surface area contributed by atoms with Gasteiger partial charge in [-0.2, -0.15) is 0 Å². The summed E-state index contributed by atoms with van der Waals surface area (Å²) in [5.41, 5.74) is 0.0724. The summed E-state index contributed by atoms with van der Waals surface area (Å²) >= 11 is 0. The Bertz CT molecular complexity index is 647. The van der Waals surface area contributed by atoms with E-state index >= 15 is 0 Å².